The average molecular weight is 467 g/mol. The maximum atomic E-state index is 13.3. The molecule has 0 aliphatic carbocycles. The molecular formula is C25H34N6O3. The number of likely N-dealkylation sites (N-methyl/N-ethyl adjacent to an activating group) is 2. The molecule has 0 fully saturated rings. The minimum absolute atomic E-state index is 0.0379. The topological polar surface area (TPSA) is 85.6 Å². The fourth-order valence-corrected chi connectivity index (χ4v) is 3.81. The first-order chi connectivity index (χ1) is 16.5. The number of hydrogen-bond acceptors (Lipinski definition) is 7. The van der Waals surface area contributed by atoms with E-state index in [1.54, 1.807) is 37.4 Å². The molecule has 0 aliphatic heterocycles. The van der Waals surface area contributed by atoms with Gasteiger partial charge in [0, 0.05) is 31.4 Å². The van der Waals surface area contributed by atoms with Gasteiger partial charge in [0.1, 0.15) is 11.5 Å². The van der Waals surface area contributed by atoms with E-state index in [9.17, 15) is 4.79 Å². The van der Waals surface area contributed by atoms with Crippen LogP contribution in [0.3, 0.4) is 0 Å². The highest BCUT2D eigenvalue weighted by molar-refractivity contribution is 5.95. The number of methoxy groups -OCH3 is 2. The highest BCUT2D eigenvalue weighted by Crippen LogP contribution is 2.32. The van der Waals surface area contributed by atoms with Crippen LogP contribution in [0, 0.1) is 6.92 Å². The molecule has 9 nitrogen and oxygen atoms in total. The molecule has 3 rings (SSSR count). The molecule has 1 aromatic carbocycles. The van der Waals surface area contributed by atoms with Crippen molar-refractivity contribution in [3.05, 3.63) is 47.9 Å². The number of amides is 1. The third-order valence-electron chi connectivity index (χ3n) is 6.00. The van der Waals surface area contributed by atoms with Gasteiger partial charge in [-0.3, -0.25) is 4.79 Å². The van der Waals surface area contributed by atoms with Crippen molar-refractivity contribution in [2.75, 3.05) is 46.9 Å². The van der Waals surface area contributed by atoms with Crippen molar-refractivity contribution >= 4 is 5.91 Å². The second-order valence-corrected chi connectivity index (χ2v) is 7.78. The number of ether oxygens (including phenoxy) is 2. The Morgan fingerprint density at radius 3 is 2.44 bits per heavy atom. The Morgan fingerprint density at radius 2 is 1.79 bits per heavy atom. The van der Waals surface area contributed by atoms with Gasteiger partial charge in [-0.05, 0) is 51.2 Å². The summed E-state index contributed by atoms with van der Waals surface area (Å²) in [5.74, 6) is 1.71. The standard InChI is InChI=1S/C25H34N6O3/c1-7-29(8-2)14-15-30(9-3)24(32)21-17-27-31(18(21)4)25-26-13-12-22(28-25)20-16-19(33-5)10-11-23(20)34-6/h10-13,16-17H,7-9,14-15H2,1-6H3. The largest absolute Gasteiger partial charge is 0.497 e. The number of carbonyl (C=O) groups is 1. The smallest absolute Gasteiger partial charge is 0.257 e. The van der Waals surface area contributed by atoms with E-state index in [4.69, 9.17) is 14.5 Å². The molecule has 0 radical (unpaired) electrons. The van der Waals surface area contributed by atoms with Crippen molar-refractivity contribution in [3.8, 4) is 28.7 Å². The molecule has 9 heteroatoms. The molecule has 0 atom stereocenters. The van der Waals surface area contributed by atoms with Crippen LogP contribution in [0.1, 0.15) is 36.8 Å². The third kappa shape index (κ3) is 5.36. The first-order valence-electron chi connectivity index (χ1n) is 11.6. The third-order valence-corrected chi connectivity index (χ3v) is 6.00. The molecule has 0 spiro atoms. The van der Waals surface area contributed by atoms with Gasteiger partial charge < -0.3 is 19.3 Å². The summed E-state index contributed by atoms with van der Waals surface area (Å²) < 4.78 is 12.5. The SMILES string of the molecule is CCN(CC)CCN(CC)C(=O)c1cnn(-c2nccc(-c3cc(OC)ccc3OC)n2)c1C. The summed E-state index contributed by atoms with van der Waals surface area (Å²) >= 11 is 0. The first kappa shape index (κ1) is 25.2. The summed E-state index contributed by atoms with van der Waals surface area (Å²) in [6.07, 6.45) is 3.27. The van der Waals surface area contributed by atoms with Crippen LogP contribution in [0.25, 0.3) is 17.2 Å². The van der Waals surface area contributed by atoms with Gasteiger partial charge in [0.2, 0.25) is 0 Å². The van der Waals surface area contributed by atoms with Crippen molar-refractivity contribution in [2.45, 2.75) is 27.7 Å². The fraction of sp³-hybridized carbons (Fsp3) is 0.440. The number of carbonyl (C=O) groups excluding carboxylic acids is 1. The lowest BCUT2D eigenvalue weighted by molar-refractivity contribution is 0.0746. The zero-order valence-corrected chi connectivity index (χ0v) is 20.9. The summed E-state index contributed by atoms with van der Waals surface area (Å²) in [6, 6.07) is 7.34. The fourth-order valence-electron chi connectivity index (χ4n) is 3.81. The second kappa shape index (κ2) is 11.6. The molecule has 0 bridgehead atoms. The molecule has 1 amide bonds. The molecule has 0 N–H and O–H groups in total. The second-order valence-electron chi connectivity index (χ2n) is 7.78. The Morgan fingerprint density at radius 1 is 1.03 bits per heavy atom. The number of benzene rings is 1. The van der Waals surface area contributed by atoms with E-state index in [0.29, 0.717) is 47.5 Å². The monoisotopic (exact) mass is 466 g/mol. The van der Waals surface area contributed by atoms with Gasteiger partial charge in [0.25, 0.3) is 11.9 Å². The van der Waals surface area contributed by atoms with E-state index in [0.717, 1.165) is 25.2 Å². The van der Waals surface area contributed by atoms with Gasteiger partial charge in [-0.1, -0.05) is 13.8 Å². The molecule has 2 aromatic heterocycles. The van der Waals surface area contributed by atoms with Crippen molar-refractivity contribution in [1.29, 1.82) is 0 Å². The van der Waals surface area contributed by atoms with Gasteiger partial charge in [0.05, 0.1) is 37.4 Å². The van der Waals surface area contributed by atoms with Crippen LogP contribution in [0.5, 0.6) is 11.5 Å². The molecule has 0 aliphatic rings. The van der Waals surface area contributed by atoms with Crippen molar-refractivity contribution in [2.24, 2.45) is 0 Å². The Kier molecular flexibility index (Phi) is 8.59. The van der Waals surface area contributed by atoms with E-state index in [-0.39, 0.29) is 5.91 Å². The molecule has 3 aromatic rings. The molecule has 0 saturated heterocycles. The molecule has 34 heavy (non-hydrogen) atoms. The summed E-state index contributed by atoms with van der Waals surface area (Å²) in [7, 11) is 3.23. The highest BCUT2D eigenvalue weighted by atomic mass is 16.5. The summed E-state index contributed by atoms with van der Waals surface area (Å²) in [5, 5.41) is 4.44. The minimum atomic E-state index is -0.0379. The van der Waals surface area contributed by atoms with Gasteiger partial charge in [0.15, 0.2) is 0 Å². The van der Waals surface area contributed by atoms with E-state index in [1.165, 1.54) is 0 Å². The Hall–Kier alpha value is -3.46. The van der Waals surface area contributed by atoms with Gasteiger partial charge in [-0.25, -0.2) is 14.6 Å². The van der Waals surface area contributed by atoms with Crippen LogP contribution in [-0.4, -0.2) is 82.4 Å². The zero-order valence-electron chi connectivity index (χ0n) is 20.9. The lowest BCUT2D eigenvalue weighted by Gasteiger charge is -2.25. The Labute approximate surface area is 201 Å². The van der Waals surface area contributed by atoms with Crippen LogP contribution in [-0.2, 0) is 0 Å². The van der Waals surface area contributed by atoms with Crippen LogP contribution in [0.2, 0.25) is 0 Å². The number of aromatic nitrogens is 4. The maximum absolute atomic E-state index is 13.3. The first-order valence-corrected chi connectivity index (χ1v) is 11.6. The van der Waals surface area contributed by atoms with Gasteiger partial charge in [-0.2, -0.15) is 5.10 Å². The summed E-state index contributed by atoms with van der Waals surface area (Å²) in [4.78, 5) is 26.5. The van der Waals surface area contributed by atoms with Crippen molar-refractivity contribution in [3.63, 3.8) is 0 Å². The summed E-state index contributed by atoms with van der Waals surface area (Å²) in [6.45, 7) is 12.2. The predicted octanol–water partition coefficient (Wildman–Crippen LogP) is 3.46. The van der Waals surface area contributed by atoms with E-state index in [2.05, 4.69) is 28.8 Å². The lowest BCUT2D eigenvalue weighted by atomic mass is 10.1. The average Bonchev–Trinajstić information content (AvgIpc) is 3.27. The van der Waals surface area contributed by atoms with Crippen LogP contribution >= 0.6 is 0 Å². The Bertz CT molecular complexity index is 1110. The van der Waals surface area contributed by atoms with Crippen LogP contribution in [0.4, 0.5) is 0 Å². The molecule has 2 heterocycles. The summed E-state index contributed by atoms with van der Waals surface area (Å²) in [5.41, 5.74) is 2.69. The molecule has 182 valence electrons. The molecular weight excluding hydrogens is 432 g/mol. The van der Waals surface area contributed by atoms with Gasteiger partial charge >= 0.3 is 0 Å². The molecule has 0 unspecified atom stereocenters. The van der Waals surface area contributed by atoms with E-state index in [1.807, 2.05) is 36.9 Å². The van der Waals surface area contributed by atoms with Crippen molar-refractivity contribution in [1.82, 2.24) is 29.5 Å². The van der Waals surface area contributed by atoms with E-state index >= 15 is 0 Å². The number of rotatable bonds is 11. The van der Waals surface area contributed by atoms with E-state index < -0.39 is 0 Å². The predicted molar refractivity (Wildman–Crippen MR) is 132 cm³/mol. The van der Waals surface area contributed by atoms with Crippen LogP contribution < -0.4 is 9.47 Å². The normalized spacial score (nSPS) is 11.0. The minimum Gasteiger partial charge on any atom is -0.497 e. The Balaban J connectivity index is 1.90. The zero-order chi connectivity index (χ0) is 24.7. The highest BCUT2D eigenvalue weighted by Gasteiger charge is 2.22. The number of hydrogen-bond donors (Lipinski definition) is 0. The maximum Gasteiger partial charge on any atom is 0.257 e. The molecule has 0 saturated carbocycles. The number of nitrogens with zero attached hydrogens (tertiary/aromatic N) is 6. The quantitative estimate of drug-likeness (QED) is 0.428. The van der Waals surface area contributed by atoms with Crippen LogP contribution in [0.15, 0.2) is 36.7 Å². The van der Waals surface area contributed by atoms with Crippen molar-refractivity contribution < 1.29 is 14.3 Å². The van der Waals surface area contributed by atoms with Gasteiger partial charge in [-0.15, -0.1) is 0 Å². The lowest BCUT2D eigenvalue weighted by Crippen LogP contribution is -2.38.